The molecule has 4 rings (SSSR count). The predicted octanol–water partition coefficient (Wildman–Crippen LogP) is 5.15. The summed E-state index contributed by atoms with van der Waals surface area (Å²) in [5, 5.41) is 5.78. The number of amides is 2. The number of benzene rings is 3. The van der Waals surface area contributed by atoms with Crippen LogP contribution in [0.2, 0.25) is 0 Å². The largest absolute Gasteiger partial charge is 0.326 e. The summed E-state index contributed by atoms with van der Waals surface area (Å²) in [4.78, 5) is 43.6. The number of nitrogens with one attached hydrogen (secondary N) is 2. The molecular formula is C28H28N4O3. The van der Waals surface area contributed by atoms with Crippen LogP contribution in [-0.4, -0.2) is 21.4 Å². The minimum absolute atomic E-state index is 0.162. The summed E-state index contributed by atoms with van der Waals surface area (Å²) in [7, 11) is 0. The fraction of sp³-hybridized carbons (Fsp3) is 0.214. The van der Waals surface area contributed by atoms with Crippen molar-refractivity contribution in [2.75, 3.05) is 10.6 Å². The highest BCUT2D eigenvalue weighted by molar-refractivity contribution is 5.97. The lowest BCUT2D eigenvalue weighted by atomic mass is 10.0. The van der Waals surface area contributed by atoms with Crippen LogP contribution < -0.4 is 16.2 Å². The van der Waals surface area contributed by atoms with Crippen molar-refractivity contribution in [3.8, 4) is 11.3 Å². The average Bonchev–Trinajstić information content (AvgIpc) is 2.80. The summed E-state index contributed by atoms with van der Waals surface area (Å²) in [6, 6.07) is 17.4. The van der Waals surface area contributed by atoms with Gasteiger partial charge >= 0.3 is 0 Å². The molecule has 0 bridgehead atoms. The fourth-order valence-corrected chi connectivity index (χ4v) is 4.42. The zero-order valence-electron chi connectivity index (χ0n) is 20.5. The number of rotatable bonds is 5. The lowest BCUT2D eigenvalue weighted by Gasteiger charge is -2.21. The Bertz CT molecular complexity index is 1500. The van der Waals surface area contributed by atoms with E-state index in [1.807, 2.05) is 45.0 Å². The van der Waals surface area contributed by atoms with Gasteiger partial charge in [-0.1, -0.05) is 48.0 Å². The molecule has 4 aromatic rings. The molecule has 0 saturated carbocycles. The van der Waals surface area contributed by atoms with Crippen molar-refractivity contribution in [2.24, 2.45) is 0 Å². The maximum atomic E-state index is 13.8. The summed E-state index contributed by atoms with van der Waals surface area (Å²) in [5.74, 6) is -0.560. The van der Waals surface area contributed by atoms with Gasteiger partial charge in [-0.2, -0.15) is 0 Å². The van der Waals surface area contributed by atoms with E-state index in [1.165, 1.54) is 11.5 Å². The highest BCUT2D eigenvalue weighted by atomic mass is 16.2. The number of nitrogens with zero attached hydrogens (tertiary/aromatic N) is 2. The van der Waals surface area contributed by atoms with Crippen molar-refractivity contribution >= 4 is 34.2 Å². The van der Waals surface area contributed by atoms with Crippen LogP contribution in [0.4, 0.5) is 11.4 Å². The first-order valence-corrected chi connectivity index (χ1v) is 11.4. The molecule has 0 unspecified atom stereocenters. The van der Waals surface area contributed by atoms with E-state index in [9.17, 15) is 14.4 Å². The molecule has 35 heavy (non-hydrogen) atoms. The number of aryl methyl sites for hydroxylation is 3. The van der Waals surface area contributed by atoms with E-state index in [2.05, 4.69) is 15.6 Å². The molecular weight excluding hydrogens is 440 g/mol. The summed E-state index contributed by atoms with van der Waals surface area (Å²) < 4.78 is 1.47. The number of carbonyl (C=O) groups is 2. The molecule has 178 valence electrons. The van der Waals surface area contributed by atoms with Crippen LogP contribution in [0.3, 0.4) is 0 Å². The minimum atomic E-state index is -0.817. The second-order valence-corrected chi connectivity index (χ2v) is 8.79. The Hall–Kier alpha value is -4.26. The number of fused-ring (bicyclic) bond motifs is 1. The van der Waals surface area contributed by atoms with Gasteiger partial charge in [-0.3, -0.25) is 19.0 Å². The normalized spacial score (nSPS) is 11.8. The quantitative estimate of drug-likeness (QED) is 0.424. The van der Waals surface area contributed by atoms with Crippen LogP contribution in [0.15, 0.2) is 65.5 Å². The monoisotopic (exact) mass is 468 g/mol. The van der Waals surface area contributed by atoms with Gasteiger partial charge in [-0.05, 0) is 57.0 Å². The van der Waals surface area contributed by atoms with Gasteiger partial charge in [0.2, 0.25) is 11.8 Å². The van der Waals surface area contributed by atoms with Crippen molar-refractivity contribution in [1.82, 2.24) is 9.55 Å². The zero-order valence-corrected chi connectivity index (χ0v) is 20.5. The van der Waals surface area contributed by atoms with Gasteiger partial charge in [0.05, 0.1) is 16.7 Å². The van der Waals surface area contributed by atoms with Crippen LogP contribution in [0.25, 0.3) is 22.3 Å². The molecule has 0 fully saturated rings. The molecule has 3 aromatic carbocycles. The van der Waals surface area contributed by atoms with Crippen LogP contribution >= 0.6 is 0 Å². The van der Waals surface area contributed by atoms with E-state index in [-0.39, 0.29) is 17.5 Å². The highest BCUT2D eigenvalue weighted by Crippen LogP contribution is 2.28. The van der Waals surface area contributed by atoms with Crippen molar-refractivity contribution in [3.05, 3.63) is 87.7 Å². The molecule has 2 amide bonds. The molecule has 0 aliphatic rings. The molecule has 7 heteroatoms. The number of aromatic nitrogens is 2. The van der Waals surface area contributed by atoms with Gasteiger partial charge in [-0.25, -0.2) is 4.98 Å². The van der Waals surface area contributed by atoms with E-state index in [0.717, 1.165) is 22.4 Å². The third-order valence-electron chi connectivity index (χ3n) is 5.98. The van der Waals surface area contributed by atoms with Crippen LogP contribution in [0, 0.1) is 20.8 Å². The minimum Gasteiger partial charge on any atom is -0.326 e. The first-order valence-electron chi connectivity index (χ1n) is 11.4. The van der Waals surface area contributed by atoms with Crippen LogP contribution in [-0.2, 0) is 9.59 Å². The molecule has 0 aliphatic carbocycles. The Morgan fingerprint density at radius 3 is 2.23 bits per heavy atom. The molecule has 2 N–H and O–H groups in total. The highest BCUT2D eigenvalue weighted by Gasteiger charge is 2.24. The number of para-hydroxylation sites is 3. The second-order valence-electron chi connectivity index (χ2n) is 8.79. The fourth-order valence-electron chi connectivity index (χ4n) is 4.42. The van der Waals surface area contributed by atoms with Gasteiger partial charge in [0.15, 0.2) is 0 Å². The van der Waals surface area contributed by atoms with Crippen molar-refractivity contribution in [1.29, 1.82) is 0 Å². The molecule has 7 nitrogen and oxygen atoms in total. The lowest BCUT2D eigenvalue weighted by Crippen LogP contribution is -2.33. The first kappa shape index (κ1) is 23.9. The molecule has 1 aromatic heterocycles. The van der Waals surface area contributed by atoms with Gasteiger partial charge in [0, 0.05) is 18.2 Å². The van der Waals surface area contributed by atoms with Crippen molar-refractivity contribution in [2.45, 2.75) is 40.7 Å². The lowest BCUT2D eigenvalue weighted by molar-refractivity contribution is -0.118. The summed E-state index contributed by atoms with van der Waals surface area (Å²) >= 11 is 0. The van der Waals surface area contributed by atoms with Gasteiger partial charge in [0.25, 0.3) is 5.56 Å². The Balaban J connectivity index is 1.86. The molecule has 0 saturated heterocycles. The summed E-state index contributed by atoms with van der Waals surface area (Å²) in [6.07, 6.45) is 0. The summed E-state index contributed by atoms with van der Waals surface area (Å²) in [5.41, 5.74) is 5.62. The molecule has 0 radical (unpaired) electrons. The van der Waals surface area contributed by atoms with Gasteiger partial charge < -0.3 is 10.6 Å². The third kappa shape index (κ3) is 4.71. The maximum Gasteiger partial charge on any atom is 0.278 e. The SMILES string of the molecule is CC(=O)Nc1ccccc1-c1nc2ccccc2n([C@H](C)C(=O)Nc2c(C)cc(C)cc2C)c1=O. The number of carbonyl (C=O) groups excluding carboxylic acids is 2. The predicted molar refractivity (Wildman–Crippen MR) is 140 cm³/mol. The third-order valence-corrected chi connectivity index (χ3v) is 5.98. The maximum absolute atomic E-state index is 13.8. The Labute approximate surface area is 203 Å². The van der Waals surface area contributed by atoms with Crippen molar-refractivity contribution in [3.63, 3.8) is 0 Å². The summed E-state index contributed by atoms with van der Waals surface area (Å²) in [6.45, 7) is 9.02. The number of hydrogen-bond donors (Lipinski definition) is 2. The van der Waals surface area contributed by atoms with E-state index in [0.29, 0.717) is 22.3 Å². The number of anilines is 2. The van der Waals surface area contributed by atoms with Crippen LogP contribution in [0.5, 0.6) is 0 Å². The van der Waals surface area contributed by atoms with E-state index in [1.54, 1.807) is 43.3 Å². The molecule has 1 atom stereocenters. The smallest absolute Gasteiger partial charge is 0.278 e. The van der Waals surface area contributed by atoms with E-state index < -0.39 is 11.6 Å². The zero-order chi connectivity index (χ0) is 25.3. The first-order chi connectivity index (χ1) is 16.7. The molecule has 0 aliphatic heterocycles. The van der Waals surface area contributed by atoms with E-state index in [4.69, 9.17) is 0 Å². The van der Waals surface area contributed by atoms with Gasteiger partial charge in [0.1, 0.15) is 11.7 Å². The van der Waals surface area contributed by atoms with Crippen molar-refractivity contribution < 1.29 is 9.59 Å². The van der Waals surface area contributed by atoms with Gasteiger partial charge in [-0.15, -0.1) is 0 Å². The molecule has 0 spiro atoms. The van der Waals surface area contributed by atoms with Crippen LogP contribution in [0.1, 0.15) is 36.6 Å². The topological polar surface area (TPSA) is 93.1 Å². The Morgan fingerprint density at radius 2 is 1.54 bits per heavy atom. The standard InChI is InChI=1S/C28H28N4O3/c1-16-14-17(2)25(18(3)15-16)31-27(34)19(4)32-24-13-9-8-12-23(24)30-26(28(32)35)21-10-6-7-11-22(21)29-20(5)33/h6-15,19H,1-5H3,(H,29,33)(H,31,34)/t19-/m1/s1. The van der Waals surface area contributed by atoms with E-state index >= 15 is 0 Å². The Morgan fingerprint density at radius 1 is 0.914 bits per heavy atom. The Kier molecular flexibility index (Phi) is 6.51. The second kappa shape index (κ2) is 9.54. The number of hydrogen-bond acceptors (Lipinski definition) is 4. The average molecular weight is 469 g/mol. The molecule has 1 heterocycles.